The van der Waals surface area contributed by atoms with E-state index in [0.29, 0.717) is 12.3 Å². The topological polar surface area (TPSA) is 217 Å². The molecule has 1 unspecified atom stereocenters. The first-order valence-corrected chi connectivity index (χ1v) is 21.6. The molecule has 0 aromatic rings. The molecule has 5 saturated carbocycles. The average molecular weight is 811 g/mol. The van der Waals surface area contributed by atoms with Crippen LogP contribution in [0.1, 0.15) is 99.3 Å². The molecular formula is C43H70O14. The maximum absolute atomic E-state index is 11.7. The summed E-state index contributed by atoms with van der Waals surface area (Å²) in [5.74, 6) is 0.794. The number of fused-ring (bicyclic) bond motifs is 2. The van der Waals surface area contributed by atoms with Crippen LogP contribution >= 0.6 is 0 Å². The second-order valence-corrected chi connectivity index (χ2v) is 20.5. The highest BCUT2D eigenvalue weighted by Gasteiger charge is 2.83. The Kier molecular flexibility index (Phi) is 11.2. The van der Waals surface area contributed by atoms with Crippen LogP contribution < -0.4 is 0 Å². The molecule has 8 fully saturated rings. The Morgan fingerprint density at radius 2 is 1.39 bits per heavy atom. The van der Waals surface area contributed by atoms with Crippen LogP contribution in [0.4, 0.5) is 0 Å². The van der Waals surface area contributed by atoms with Crippen LogP contribution in [0.3, 0.4) is 0 Å². The molecule has 3 saturated heterocycles. The Bertz CT molecular complexity index is 1510. The van der Waals surface area contributed by atoms with Gasteiger partial charge in [0, 0.05) is 18.4 Å². The van der Waals surface area contributed by atoms with Gasteiger partial charge in [-0.15, -0.1) is 0 Å². The third-order valence-electron chi connectivity index (χ3n) is 18.0. The van der Waals surface area contributed by atoms with E-state index in [1.54, 1.807) is 7.11 Å². The number of aliphatic hydroxyl groups is 8. The number of hydrogen-bond donors (Lipinski definition) is 8. The van der Waals surface area contributed by atoms with Gasteiger partial charge in [-0.2, -0.15) is 0 Å². The molecule has 0 radical (unpaired) electrons. The van der Waals surface area contributed by atoms with E-state index in [2.05, 4.69) is 20.8 Å². The minimum atomic E-state index is -1.66. The third kappa shape index (κ3) is 6.08. The highest BCUT2D eigenvalue weighted by Crippen LogP contribution is 2.89. The van der Waals surface area contributed by atoms with Crippen molar-refractivity contribution in [3.8, 4) is 0 Å². The first kappa shape index (κ1) is 42.9. The lowest BCUT2D eigenvalue weighted by Crippen LogP contribution is -2.65. The summed E-state index contributed by atoms with van der Waals surface area (Å²) in [6, 6.07) is 0. The maximum atomic E-state index is 11.7. The van der Waals surface area contributed by atoms with E-state index in [-0.39, 0.29) is 52.1 Å². The van der Waals surface area contributed by atoms with E-state index in [0.717, 1.165) is 56.9 Å². The van der Waals surface area contributed by atoms with Crippen molar-refractivity contribution in [1.29, 1.82) is 0 Å². The lowest BCUT2D eigenvalue weighted by atomic mass is 9.41. The highest BCUT2D eigenvalue weighted by molar-refractivity contribution is 5.31. The number of rotatable bonds is 9. The van der Waals surface area contributed by atoms with Crippen molar-refractivity contribution in [3.63, 3.8) is 0 Å². The molecule has 0 amide bonds. The Morgan fingerprint density at radius 3 is 2.05 bits per heavy atom. The van der Waals surface area contributed by atoms with Crippen molar-refractivity contribution >= 4 is 0 Å². The van der Waals surface area contributed by atoms with Gasteiger partial charge in [-0.05, 0) is 118 Å². The van der Waals surface area contributed by atoms with Crippen molar-refractivity contribution in [1.82, 2.24) is 0 Å². The molecule has 2 spiro atoms. The summed E-state index contributed by atoms with van der Waals surface area (Å²) < 4.78 is 36.8. The molecule has 57 heavy (non-hydrogen) atoms. The zero-order valence-corrected chi connectivity index (χ0v) is 34.8. The van der Waals surface area contributed by atoms with Gasteiger partial charge in [0.15, 0.2) is 18.9 Å². The lowest BCUT2D eigenvalue weighted by molar-refractivity contribution is -0.376. The molecule has 8 N–H and O–H groups in total. The molecule has 14 nitrogen and oxygen atoms in total. The van der Waals surface area contributed by atoms with Gasteiger partial charge in [0.1, 0.15) is 48.8 Å². The monoisotopic (exact) mass is 810 g/mol. The molecule has 23 atom stereocenters. The summed E-state index contributed by atoms with van der Waals surface area (Å²) in [6.45, 7) is 11.9. The minimum Gasteiger partial charge on any atom is -0.396 e. The Balaban J connectivity index is 1.03. The number of allylic oxidation sites excluding steroid dienone is 1. The number of aliphatic hydroxyl groups excluding tert-OH is 8. The first-order valence-electron chi connectivity index (χ1n) is 21.6. The van der Waals surface area contributed by atoms with Crippen molar-refractivity contribution in [2.75, 3.05) is 20.3 Å². The van der Waals surface area contributed by atoms with Gasteiger partial charge in [-0.3, -0.25) is 0 Å². The van der Waals surface area contributed by atoms with Crippen LogP contribution in [-0.4, -0.2) is 147 Å². The predicted octanol–water partition coefficient (Wildman–Crippen LogP) is 1.75. The third-order valence-corrected chi connectivity index (χ3v) is 18.0. The molecule has 0 bridgehead atoms. The molecule has 5 aliphatic carbocycles. The molecule has 0 aromatic carbocycles. The second-order valence-electron chi connectivity index (χ2n) is 20.5. The summed E-state index contributed by atoms with van der Waals surface area (Å²) in [4.78, 5) is 0. The summed E-state index contributed by atoms with van der Waals surface area (Å²) in [6.07, 6.45) is -5.22. The van der Waals surface area contributed by atoms with E-state index in [1.165, 1.54) is 6.92 Å². The fourth-order valence-corrected chi connectivity index (χ4v) is 14.8. The fraction of sp³-hybridized carbons (Fsp3) is 0.953. The van der Waals surface area contributed by atoms with Gasteiger partial charge in [0.2, 0.25) is 0 Å². The van der Waals surface area contributed by atoms with E-state index in [1.807, 2.05) is 19.9 Å². The fourth-order valence-electron chi connectivity index (χ4n) is 14.8. The smallest absolute Gasteiger partial charge is 0.187 e. The minimum absolute atomic E-state index is 0.00465. The van der Waals surface area contributed by atoms with Gasteiger partial charge in [0.05, 0.1) is 31.5 Å². The second kappa shape index (κ2) is 14.9. The largest absolute Gasteiger partial charge is 0.396 e. The number of hydrogen-bond acceptors (Lipinski definition) is 14. The predicted molar refractivity (Wildman–Crippen MR) is 203 cm³/mol. The van der Waals surface area contributed by atoms with Crippen LogP contribution in [0.25, 0.3) is 0 Å². The highest BCUT2D eigenvalue weighted by atomic mass is 16.8. The van der Waals surface area contributed by atoms with E-state index >= 15 is 0 Å². The summed E-state index contributed by atoms with van der Waals surface area (Å²) >= 11 is 0. The lowest BCUT2D eigenvalue weighted by Gasteiger charge is -2.64. The van der Waals surface area contributed by atoms with Crippen molar-refractivity contribution in [2.24, 2.45) is 50.7 Å². The Morgan fingerprint density at radius 1 is 0.684 bits per heavy atom. The average Bonchev–Trinajstić information content (AvgIpc) is 3.65. The van der Waals surface area contributed by atoms with Gasteiger partial charge < -0.3 is 69.3 Å². The van der Waals surface area contributed by atoms with Crippen LogP contribution in [0, 0.1) is 50.7 Å². The van der Waals surface area contributed by atoms with Gasteiger partial charge in [-0.1, -0.05) is 32.4 Å². The van der Waals surface area contributed by atoms with E-state index < -0.39 is 91.9 Å². The first-order chi connectivity index (χ1) is 26.9. The van der Waals surface area contributed by atoms with Gasteiger partial charge >= 0.3 is 0 Å². The normalized spacial score (nSPS) is 58.3. The molecule has 14 heteroatoms. The molecular weight excluding hydrogens is 740 g/mol. The summed E-state index contributed by atoms with van der Waals surface area (Å²) in [5, 5.41) is 86.8. The zero-order chi connectivity index (χ0) is 41.2. The Labute approximate surface area is 336 Å². The van der Waals surface area contributed by atoms with Crippen molar-refractivity contribution < 1.29 is 69.3 Å². The quantitative estimate of drug-likeness (QED) is 0.123. The van der Waals surface area contributed by atoms with Crippen LogP contribution in [0.2, 0.25) is 0 Å². The Hall–Kier alpha value is -0.820. The number of ether oxygens (including phenoxy) is 6. The van der Waals surface area contributed by atoms with Crippen molar-refractivity contribution in [3.05, 3.63) is 11.6 Å². The van der Waals surface area contributed by atoms with Crippen molar-refractivity contribution in [2.45, 2.75) is 185 Å². The molecule has 0 aromatic heterocycles. The molecule has 8 aliphatic rings. The molecule has 8 rings (SSSR count). The van der Waals surface area contributed by atoms with Crippen LogP contribution in [-0.2, 0) is 28.4 Å². The summed E-state index contributed by atoms with van der Waals surface area (Å²) in [7, 11) is 1.69. The molecule has 326 valence electrons. The summed E-state index contributed by atoms with van der Waals surface area (Å²) in [5.41, 5.74) is 0.650. The molecule has 3 aliphatic heterocycles. The van der Waals surface area contributed by atoms with Crippen LogP contribution in [0.5, 0.6) is 0 Å². The number of methoxy groups -OCH3 is 1. The van der Waals surface area contributed by atoms with E-state index in [9.17, 15) is 40.9 Å². The molecule has 3 heterocycles. The van der Waals surface area contributed by atoms with Gasteiger partial charge in [-0.25, -0.2) is 0 Å². The van der Waals surface area contributed by atoms with Crippen LogP contribution in [0.15, 0.2) is 11.6 Å². The van der Waals surface area contributed by atoms with Gasteiger partial charge in [0.25, 0.3) is 0 Å². The maximum Gasteiger partial charge on any atom is 0.187 e. The standard InChI is InChI=1S/C43H70O14/c1-20(2)16-23-30(47)28(36(52-7)54-23)22-10-12-41(6)26-9-8-25-39(4,19-45)27(11-13-42(25)18-43(26,42)15-14-40(22,41)5)56-38-35(33(50)31(48)24(17-44)55-38)57-37-34(51)32(49)29(46)21(3)53-37/h16,21-38,44-51H,8-15,17-19H2,1-7H3/t21-,22+,23+,24+,25?,26-,27-,28-,29-,30-,31+,32+,33-,34+,35+,36-,37-,38-,39+,40+,41-,42+,43-/m0/s1. The SMILES string of the molecule is CO[C@H]1O[C@H](C=C(C)C)[C@H](O)[C@@H]1[C@H]1CC[C@@]2(C)[C@@H]3CCC4[C@@]5(CC[C@H](O[C@@H]6O[C@H](CO)[C@@H](O)[C@H](O)[C@H]6O[C@@H]6O[C@@H](C)[C@H](O)[C@@H](O)[C@H]6O)[C@]4(C)CO)C[C@@]35CC[C@]12C. The van der Waals surface area contributed by atoms with E-state index in [4.69, 9.17) is 28.4 Å². The zero-order valence-electron chi connectivity index (χ0n) is 34.8.